The molecular weight excluding hydrogens is 226 g/mol. The molecule has 18 heavy (non-hydrogen) atoms. The molecule has 0 radical (unpaired) electrons. The van der Waals surface area contributed by atoms with Crippen LogP contribution in [0.5, 0.6) is 5.75 Å². The highest BCUT2D eigenvalue weighted by Crippen LogP contribution is 2.44. The zero-order chi connectivity index (χ0) is 12.6. The summed E-state index contributed by atoms with van der Waals surface area (Å²) in [4.78, 5) is 0. The van der Waals surface area contributed by atoms with E-state index in [2.05, 4.69) is 13.0 Å². The fraction of sp³-hybridized carbons (Fsp3) is 0.600. The van der Waals surface area contributed by atoms with Gasteiger partial charge in [0.1, 0.15) is 11.4 Å². The van der Waals surface area contributed by atoms with Crippen LogP contribution in [0.1, 0.15) is 44.2 Å². The minimum atomic E-state index is -0.104. The Morgan fingerprint density at radius 2 is 2.17 bits per heavy atom. The van der Waals surface area contributed by atoms with Crippen LogP contribution in [-0.4, -0.2) is 18.3 Å². The average Bonchev–Trinajstić information content (AvgIpc) is 2.38. The van der Waals surface area contributed by atoms with Crippen molar-refractivity contribution in [3.05, 3.63) is 29.8 Å². The first-order chi connectivity index (χ1) is 8.72. The summed E-state index contributed by atoms with van der Waals surface area (Å²) in [5.41, 5.74) is 7.35. The standard InChI is InChI=1S/C15H21NO2/c1-2-11-9-15(7-8-17-11)10-13(16)12-5-3-4-6-14(12)18-15/h3-6,11,13H,2,7-10,16H2,1H3. The molecule has 2 aliphatic rings. The van der Waals surface area contributed by atoms with E-state index in [1.807, 2.05) is 18.2 Å². The van der Waals surface area contributed by atoms with Gasteiger partial charge in [0, 0.05) is 30.9 Å². The molecule has 3 atom stereocenters. The molecule has 1 saturated heterocycles. The predicted octanol–water partition coefficient (Wildman–Crippen LogP) is 2.80. The second kappa shape index (κ2) is 4.56. The van der Waals surface area contributed by atoms with Crippen molar-refractivity contribution in [1.82, 2.24) is 0 Å². The van der Waals surface area contributed by atoms with Crippen LogP contribution in [-0.2, 0) is 4.74 Å². The maximum absolute atomic E-state index is 6.32. The van der Waals surface area contributed by atoms with Gasteiger partial charge in [-0.1, -0.05) is 25.1 Å². The third-order valence-electron chi connectivity index (χ3n) is 4.20. The molecule has 2 aliphatic heterocycles. The minimum absolute atomic E-state index is 0.0885. The van der Waals surface area contributed by atoms with Crippen molar-refractivity contribution < 1.29 is 9.47 Å². The van der Waals surface area contributed by atoms with Crippen molar-refractivity contribution in [1.29, 1.82) is 0 Å². The Balaban J connectivity index is 1.88. The number of para-hydroxylation sites is 1. The van der Waals surface area contributed by atoms with Gasteiger partial charge < -0.3 is 15.2 Å². The Morgan fingerprint density at radius 3 is 3.00 bits per heavy atom. The van der Waals surface area contributed by atoms with E-state index in [1.165, 1.54) is 0 Å². The Hall–Kier alpha value is -1.06. The lowest BCUT2D eigenvalue weighted by molar-refractivity contribution is -0.102. The fourth-order valence-electron chi connectivity index (χ4n) is 3.19. The summed E-state index contributed by atoms with van der Waals surface area (Å²) >= 11 is 0. The predicted molar refractivity (Wildman–Crippen MR) is 70.6 cm³/mol. The normalized spacial score (nSPS) is 35.0. The number of rotatable bonds is 1. The highest BCUT2D eigenvalue weighted by Gasteiger charge is 2.43. The first kappa shape index (κ1) is 12.0. The van der Waals surface area contributed by atoms with Gasteiger partial charge in [-0.05, 0) is 12.5 Å². The molecule has 0 amide bonds. The Kier molecular flexibility index (Phi) is 3.04. The Bertz CT molecular complexity index is 434. The number of fused-ring (bicyclic) bond motifs is 1. The number of hydrogen-bond acceptors (Lipinski definition) is 3. The van der Waals surface area contributed by atoms with Crippen LogP contribution in [0.25, 0.3) is 0 Å². The van der Waals surface area contributed by atoms with Crippen molar-refractivity contribution in [3.63, 3.8) is 0 Å². The molecule has 98 valence electrons. The monoisotopic (exact) mass is 247 g/mol. The van der Waals surface area contributed by atoms with Gasteiger partial charge in [0.05, 0.1) is 12.7 Å². The van der Waals surface area contributed by atoms with Crippen molar-refractivity contribution in [2.24, 2.45) is 5.73 Å². The summed E-state index contributed by atoms with van der Waals surface area (Å²) in [6, 6.07) is 8.24. The Labute approximate surface area is 108 Å². The van der Waals surface area contributed by atoms with Crippen molar-refractivity contribution in [3.8, 4) is 5.75 Å². The summed E-state index contributed by atoms with van der Waals surface area (Å²) in [6.45, 7) is 2.95. The summed E-state index contributed by atoms with van der Waals surface area (Å²) in [5, 5.41) is 0. The van der Waals surface area contributed by atoms with Crippen molar-refractivity contribution >= 4 is 0 Å². The van der Waals surface area contributed by atoms with Gasteiger partial charge in [-0.3, -0.25) is 0 Å². The van der Waals surface area contributed by atoms with Gasteiger partial charge in [0.2, 0.25) is 0 Å². The third kappa shape index (κ3) is 2.02. The van der Waals surface area contributed by atoms with Crippen LogP contribution in [0.2, 0.25) is 0 Å². The third-order valence-corrected chi connectivity index (χ3v) is 4.20. The SMILES string of the molecule is CCC1CC2(CCO1)CC(N)c1ccccc1O2. The molecule has 0 saturated carbocycles. The molecule has 3 heteroatoms. The molecule has 3 rings (SSSR count). The summed E-state index contributed by atoms with van der Waals surface area (Å²) in [5.74, 6) is 0.966. The minimum Gasteiger partial charge on any atom is -0.487 e. The van der Waals surface area contributed by atoms with Crippen LogP contribution in [0.3, 0.4) is 0 Å². The second-order valence-corrected chi connectivity index (χ2v) is 5.49. The molecule has 2 N–H and O–H groups in total. The molecule has 3 nitrogen and oxygen atoms in total. The molecule has 3 unspecified atom stereocenters. The molecule has 1 aromatic rings. The van der Waals surface area contributed by atoms with E-state index < -0.39 is 0 Å². The first-order valence-corrected chi connectivity index (χ1v) is 6.87. The highest BCUT2D eigenvalue weighted by atomic mass is 16.5. The average molecular weight is 247 g/mol. The number of hydrogen-bond donors (Lipinski definition) is 1. The van der Waals surface area contributed by atoms with Crippen molar-refractivity contribution in [2.75, 3.05) is 6.61 Å². The zero-order valence-corrected chi connectivity index (χ0v) is 10.9. The smallest absolute Gasteiger partial charge is 0.124 e. The molecule has 0 bridgehead atoms. The largest absolute Gasteiger partial charge is 0.487 e. The lowest BCUT2D eigenvalue weighted by Gasteiger charge is -2.45. The van der Waals surface area contributed by atoms with E-state index in [1.54, 1.807) is 0 Å². The molecule has 1 fully saturated rings. The topological polar surface area (TPSA) is 44.5 Å². The first-order valence-electron chi connectivity index (χ1n) is 6.87. The van der Waals surface area contributed by atoms with E-state index in [4.69, 9.17) is 15.2 Å². The summed E-state index contributed by atoms with van der Waals surface area (Å²) in [7, 11) is 0. The molecule has 1 aromatic carbocycles. The summed E-state index contributed by atoms with van der Waals surface area (Å²) in [6.07, 6.45) is 4.18. The number of ether oxygens (including phenoxy) is 2. The molecule has 0 aromatic heterocycles. The lowest BCUT2D eigenvalue weighted by Crippen LogP contribution is -2.49. The van der Waals surface area contributed by atoms with Crippen LogP contribution in [0.4, 0.5) is 0 Å². The Morgan fingerprint density at radius 1 is 1.33 bits per heavy atom. The van der Waals surface area contributed by atoms with Crippen LogP contribution >= 0.6 is 0 Å². The van der Waals surface area contributed by atoms with E-state index >= 15 is 0 Å². The van der Waals surface area contributed by atoms with Gasteiger partial charge in [0.25, 0.3) is 0 Å². The molecular formula is C15H21NO2. The fourth-order valence-corrected chi connectivity index (χ4v) is 3.19. The van der Waals surface area contributed by atoms with Gasteiger partial charge in [0.15, 0.2) is 0 Å². The highest BCUT2D eigenvalue weighted by molar-refractivity contribution is 5.38. The maximum atomic E-state index is 6.32. The quantitative estimate of drug-likeness (QED) is 0.830. The molecule has 1 spiro atoms. The number of nitrogens with two attached hydrogens (primary N) is 1. The van der Waals surface area contributed by atoms with Crippen LogP contribution in [0, 0.1) is 0 Å². The van der Waals surface area contributed by atoms with Crippen molar-refractivity contribution in [2.45, 2.75) is 50.4 Å². The molecule has 2 heterocycles. The summed E-state index contributed by atoms with van der Waals surface area (Å²) < 4.78 is 12.1. The van der Waals surface area contributed by atoms with Crippen LogP contribution < -0.4 is 10.5 Å². The van der Waals surface area contributed by atoms with Gasteiger partial charge >= 0.3 is 0 Å². The maximum Gasteiger partial charge on any atom is 0.124 e. The van der Waals surface area contributed by atoms with E-state index in [0.29, 0.717) is 6.10 Å². The van der Waals surface area contributed by atoms with Gasteiger partial charge in [-0.25, -0.2) is 0 Å². The van der Waals surface area contributed by atoms with Gasteiger partial charge in [-0.2, -0.15) is 0 Å². The van der Waals surface area contributed by atoms with E-state index in [0.717, 1.165) is 43.6 Å². The van der Waals surface area contributed by atoms with Gasteiger partial charge in [-0.15, -0.1) is 0 Å². The lowest BCUT2D eigenvalue weighted by atomic mass is 9.80. The van der Waals surface area contributed by atoms with E-state index in [9.17, 15) is 0 Å². The van der Waals surface area contributed by atoms with E-state index in [-0.39, 0.29) is 11.6 Å². The number of benzene rings is 1. The molecule has 0 aliphatic carbocycles. The zero-order valence-electron chi connectivity index (χ0n) is 10.9. The second-order valence-electron chi connectivity index (χ2n) is 5.49. The van der Waals surface area contributed by atoms with Crippen LogP contribution in [0.15, 0.2) is 24.3 Å².